The topological polar surface area (TPSA) is 87.5 Å². The van der Waals surface area contributed by atoms with Crippen molar-refractivity contribution in [2.75, 3.05) is 6.54 Å². The predicted octanol–water partition coefficient (Wildman–Crippen LogP) is 0.569. The summed E-state index contributed by atoms with van der Waals surface area (Å²) < 4.78 is 1.66. The maximum absolute atomic E-state index is 12.0. The zero-order valence-electron chi connectivity index (χ0n) is 10.9. The van der Waals surface area contributed by atoms with E-state index in [2.05, 4.69) is 10.4 Å². The quantitative estimate of drug-likeness (QED) is 0.837. The number of carboxylic acids is 1. The molecule has 2 amide bonds. The van der Waals surface area contributed by atoms with E-state index in [1.54, 1.807) is 17.9 Å². The molecule has 7 nitrogen and oxygen atoms in total. The number of nitrogens with one attached hydrogen (secondary N) is 1. The van der Waals surface area contributed by atoms with E-state index in [0.29, 0.717) is 19.5 Å². The summed E-state index contributed by atoms with van der Waals surface area (Å²) in [5.41, 5.74) is 0.750. The van der Waals surface area contributed by atoms with Gasteiger partial charge in [-0.15, -0.1) is 0 Å². The van der Waals surface area contributed by atoms with E-state index in [0.717, 1.165) is 18.5 Å². The number of carbonyl (C=O) groups excluding carboxylic acids is 1. The van der Waals surface area contributed by atoms with E-state index in [9.17, 15) is 9.59 Å². The Morgan fingerprint density at radius 1 is 1.53 bits per heavy atom. The van der Waals surface area contributed by atoms with Crippen molar-refractivity contribution in [1.29, 1.82) is 0 Å². The molecule has 2 N–H and O–H groups in total. The number of nitrogens with zero attached hydrogens (tertiary/aromatic N) is 3. The van der Waals surface area contributed by atoms with Gasteiger partial charge < -0.3 is 15.3 Å². The van der Waals surface area contributed by atoms with Gasteiger partial charge in [-0.2, -0.15) is 5.10 Å². The Morgan fingerprint density at radius 3 is 2.95 bits per heavy atom. The average Bonchev–Trinajstić information content (AvgIpc) is 2.81. The number of aromatic nitrogens is 2. The largest absolute Gasteiger partial charge is 0.480 e. The Kier molecular flexibility index (Phi) is 4.03. The summed E-state index contributed by atoms with van der Waals surface area (Å²) in [5, 5.41) is 16.0. The van der Waals surface area contributed by atoms with Crippen molar-refractivity contribution in [1.82, 2.24) is 20.0 Å². The first-order valence-electron chi connectivity index (χ1n) is 6.33. The lowest BCUT2D eigenvalue weighted by Crippen LogP contribution is -2.51. The molecular formula is C12H18N4O3. The number of amides is 2. The molecule has 7 heteroatoms. The summed E-state index contributed by atoms with van der Waals surface area (Å²) in [5.74, 6) is -0.937. The molecule has 19 heavy (non-hydrogen) atoms. The van der Waals surface area contributed by atoms with Crippen LogP contribution < -0.4 is 5.32 Å². The lowest BCUT2D eigenvalue weighted by atomic mass is 10.0. The van der Waals surface area contributed by atoms with Crippen LogP contribution in [0.4, 0.5) is 4.79 Å². The van der Waals surface area contributed by atoms with Gasteiger partial charge in [-0.25, -0.2) is 9.59 Å². The number of carboxylic acid groups (broad SMARTS) is 1. The van der Waals surface area contributed by atoms with E-state index in [4.69, 9.17) is 5.11 Å². The summed E-state index contributed by atoms with van der Waals surface area (Å²) in [6.45, 7) is 0.799. The predicted molar refractivity (Wildman–Crippen MR) is 67.4 cm³/mol. The molecule has 1 fully saturated rings. The highest BCUT2D eigenvalue weighted by Crippen LogP contribution is 2.17. The third kappa shape index (κ3) is 3.24. The molecule has 1 unspecified atom stereocenters. The summed E-state index contributed by atoms with van der Waals surface area (Å²) in [7, 11) is 1.80. The number of likely N-dealkylation sites (tertiary alicyclic amines) is 1. The summed E-state index contributed by atoms with van der Waals surface area (Å²) >= 11 is 0. The monoisotopic (exact) mass is 266 g/mol. The summed E-state index contributed by atoms with van der Waals surface area (Å²) in [4.78, 5) is 24.5. The van der Waals surface area contributed by atoms with Crippen LogP contribution in [0, 0.1) is 0 Å². The minimum atomic E-state index is -0.937. The molecule has 104 valence electrons. The van der Waals surface area contributed by atoms with E-state index in [1.807, 2.05) is 6.07 Å². The van der Waals surface area contributed by atoms with E-state index in [-0.39, 0.29) is 6.03 Å². The van der Waals surface area contributed by atoms with E-state index >= 15 is 0 Å². The van der Waals surface area contributed by atoms with E-state index < -0.39 is 12.0 Å². The van der Waals surface area contributed by atoms with Gasteiger partial charge in [-0.1, -0.05) is 0 Å². The fourth-order valence-corrected chi connectivity index (χ4v) is 2.26. The number of piperidine rings is 1. The minimum absolute atomic E-state index is 0.308. The van der Waals surface area contributed by atoms with Gasteiger partial charge in [0.05, 0.1) is 12.2 Å². The van der Waals surface area contributed by atoms with Crippen LogP contribution in [0.25, 0.3) is 0 Å². The second-order valence-electron chi connectivity index (χ2n) is 4.68. The van der Waals surface area contributed by atoms with Gasteiger partial charge in [0.1, 0.15) is 6.04 Å². The van der Waals surface area contributed by atoms with Crippen LogP contribution >= 0.6 is 0 Å². The van der Waals surface area contributed by atoms with Gasteiger partial charge >= 0.3 is 12.0 Å². The third-order valence-corrected chi connectivity index (χ3v) is 3.24. The number of hydrogen-bond acceptors (Lipinski definition) is 3. The Bertz CT molecular complexity index is 471. The van der Waals surface area contributed by atoms with Crippen molar-refractivity contribution in [3.63, 3.8) is 0 Å². The smallest absolute Gasteiger partial charge is 0.326 e. The first-order valence-corrected chi connectivity index (χ1v) is 6.33. The molecule has 1 aromatic heterocycles. The molecular weight excluding hydrogens is 248 g/mol. The molecule has 1 saturated heterocycles. The Morgan fingerprint density at radius 2 is 2.32 bits per heavy atom. The molecule has 2 heterocycles. The normalized spacial score (nSPS) is 19.2. The lowest BCUT2D eigenvalue weighted by molar-refractivity contribution is -0.143. The molecule has 1 aromatic rings. The molecule has 2 rings (SSSR count). The van der Waals surface area contributed by atoms with Crippen molar-refractivity contribution in [2.45, 2.75) is 31.8 Å². The standard InChI is InChI=1S/C12H18N4O3/c1-15-7-5-9(14-15)8-13-12(19)16-6-3-2-4-10(16)11(17)18/h5,7,10H,2-4,6,8H2,1H3,(H,13,19)(H,17,18). The van der Waals surface area contributed by atoms with Crippen LogP contribution in [0.5, 0.6) is 0 Å². The van der Waals surface area contributed by atoms with Gasteiger partial charge in [-0.3, -0.25) is 4.68 Å². The molecule has 0 bridgehead atoms. The van der Waals surface area contributed by atoms with Crippen molar-refractivity contribution in [2.24, 2.45) is 7.05 Å². The van der Waals surface area contributed by atoms with Crippen LogP contribution in [-0.2, 0) is 18.4 Å². The maximum atomic E-state index is 12.0. The fourth-order valence-electron chi connectivity index (χ4n) is 2.26. The van der Waals surface area contributed by atoms with Gasteiger partial charge in [0.2, 0.25) is 0 Å². The molecule has 1 atom stereocenters. The molecule has 0 aliphatic carbocycles. The van der Waals surface area contributed by atoms with Crippen molar-refractivity contribution in [3.05, 3.63) is 18.0 Å². The van der Waals surface area contributed by atoms with Crippen molar-refractivity contribution in [3.8, 4) is 0 Å². The Hall–Kier alpha value is -2.05. The molecule has 0 radical (unpaired) electrons. The van der Waals surface area contributed by atoms with Crippen LogP contribution in [0.3, 0.4) is 0 Å². The zero-order valence-corrected chi connectivity index (χ0v) is 10.9. The van der Waals surface area contributed by atoms with Crippen LogP contribution in [-0.4, -0.2) is 44.4 Å². The maximum Gasteiger partial charge on any atom is 0.326 e. The molecule has 0 saturated carbocycles. The lowest BCUT2D eigenvalue weighted by Gasteiger charge is -2.32. The zero-order chi connectivity index (χ0) is 13.8. The highest BCUT2D eigenvalue weighted by atomic mass is 16.4. The second-order valence-corrected chi connectivity index (χ2v) is 4.68. The van der Waals surface area contributed by atoms with E-state index in [1.165, 1.54) is 4.90 Å². The first kappa shape index (κ1) is 13.4. The number of urea groups is 1. The highest BCUT2D eigenvalue weighted by molar-refractivity contribution is 5.82. The summed E-state index contributed by atoms with van der Waals surface area (Å²) in [6, 6.07) is 0.765. The third-order valence-electron chi connectivity index (χ3n) is 3.24. The highest BCUT2D eigenvalue weighted by Gasteiger charge is 2.31. The van der Waals surface area contributed by atoms with Crippen LogP contribution in [0.1, 0.15) is 25.0 Å². The number of carbonyl (C=O) groups is 2. The Balaban J connectivity index is 1.92. The minimum Gasteiger partial charge on any atom is -0.480 e. The van der Waals surface area contributed by atoms with Gasteiger partial charge in [0.15, 0.2) is 0 Å². The molecule has 0 spiro atoms. The molecule has 1 aliphatic heterocycles. The summed E-state index contributed by atoms with van der Waals surface area (Å²) in [6.07, 6.45) is 4.01. The number of aryl methyl sites for hydroxylation is 1. The average molecular weight is 266 g/mol. The second kappa shape index (κ2) is 5.73. The van der Waals surface area contributed by atoms with Crippen LogP contribution in [0.15, 0.2) is 12.3 Å². The number of hydrogen-bond donors (Lipinski definition) is 2. The van der Waals surface area contributed by atoms with Gasteiger partial charge in [-0.05, 0) is 25.3 Å². The first-order chi connectivity index (χ1) is 9.08. The Labute approximate surface area is 111 Å². The number of aliphatic carboxylic acids is 1. The van der Waals surface area contributed by atoms with Gasteiger partial charge in [0, 0.05) is 19.8 Å². The van der Waals surface area contributed by atoms with Gasteiger partial charge in [0.25, 0.3) is 0 Å². The van der Waals surface area contributed by atoms with Crippen molar-refractivity contribution < 1.29 is 14.7 Å². The van der Waals surface area contributed by atoms with Crippen LogP contribution in [0.2, 0.25) is 0 Å². The molecule has 1 aliphatic rings. The molecule has 0 aromatic carbocycles. The fraction of sp³-hybridized carbons (Fsp3) is 0.583. The number of rotatable bonds is 3. The SMILES string of the molecule is Cn1ccc(CNC(=O)N2CCCCC2C(=O)O)n1. The van der Waals surface area contributed by atoms with Crippen molar-refractivity contribution >= 4 is 12.0 Å².